The molecular formula is C16H32O4Si4. The predicted octanol–water partition coefficient (Wildman–Crippen LogP) is 3.89. The Kier molecular flexibility index (Phi) is 6.78. The van der Waals surface area contributed by atoms with E-state index in [1.165, 1.54) is 5.19 Å². The summed E-state index contributed by atoms with van der Waals surface area (Å²) in [5.74, 6) is 0. The highest BCUT2D eigenvalue weighted by Crippen LogP contribution is 2.23. The molecule has 0 radical (unpaired) electrons. The van der Waals surface area contributed by atoms with Crippen molar-refractivity contribution in [1.29, 1.82) is 0 Å². The molecule has 1 rings (SSSR count). The van der Waals surface area contributed by atoms with Crippen molar-refractivity contribution >= 4 is 45.3 Å². The molecule has 0 atom stereocenters. The molecule has 0 saturated carbocycles. The average Bonchev–Trinajstić information content (AvgIpc) is 2.32. The van der Waals surface area contributed by atoms with Gasteiger partial charge >= 0.3 is 25.7 Å². The van der Waals surface area contributed by atoms with E-state index in [1.807, 2.05) is 19.2 Å². The second-order valence-corrected chi connectivity index (χ2v) is 22.4. The van der Waals surface area contributed by atoms with Crippen molar-refractivity contribution < 1.29 is 17.1 Å². The molecule has 1 N–H and O–H groups in total. The topological polar surface area (TPSA) is 47.9 Å². The van der Waals surface area contributed by atoms with Gasteiger partial charge in [0.05, 0.1) is 0 Å². The number of hydrogen-bond acceptors (Lipinski definition) is 4. The molecule has 0 spiro atoms. The molecule has 1 aromatic carbocycles. The fourth-order valence-electron chi connectivity index (χ4n) is 2.93. The zero-order chi connectivity index (χ0) is 18.8. The van der Waals surface area contributed by atoms with Gasteiger partial charge < -0.3 is 17.1 Å². The summed E-state index contributed by atoms with van der Waals surface area (Å²) in [6, 6.07) is 8.38. The van der Waals surface area contributed by atoms with Crippen LogP contribution in [0, 0.1) is 0 Å². The van der Waals surface area contributed by atoms with Crippen LogP contribution in [0.1, 0.15) is 5.56 Å². The van der Waals surface area contributed by atoms with E-state index in [0.29, 0.717) is 0 Å². The quantitative estimate of drug-likeness (QED) is 0.673. The zero-order valence-electron chi connectivity index (χ0n) is 16.3. The number of rotatable bonds is 8. The van der Waals surface area contributed by atoms with E-state index in [4.69, 9.17) is 12.3 Å². The van der Waals surface area contributed by atoms with Crippen molar-refractivity contribution in [2.75, 3.05) is 0 Å². The molecule has 0 unspecified atom stereocenters. The largest absolute Gasteiger partial charge is 0.433 e. The first-order valence-electron chi connectivity index (χ1n) is 8.22. The van der Waals surface area contributed by atoms with Gasteiger partial charge in [0.25, 0.3) is 0 Å². The molecular weight excluding hydrogens is 369 g/mol. The first-order chi connectivity index (χ1) is 10.7. The summed E-state index contributed by atoms with van der Waals surface area (Å²) in [6.07, 6.45) is 1.84. The van der Waals surface area contributed by atoms with Gasteiger partial charge in [0, 0.05) is 0 Å². The first-order valence-corrected chi connectivity index (χ1v) is 19.6. The summed E-state index contributed by atoms with van der Waals surface area (Å²) in [4.78, 5) is 10.1. The Morgan fingerprint density at radius 2 is 1.25 bits per heavy atom. The van der Waals surface area contributed by atoms with E-state index < -0.39 is 34.0 Å². The molecule has 4 nitrogen and oxygen atoms in total. The van der Waals surface area contributed by atoms with Gasteiger partial charge in [-0.1, -0.05) is 36.9 Å². The van der Waals surface area contributed by atoms with Crippen LogP contribution in [0.4, 0.5) is 0 Å². The minimum atomic E-state index is -2.62. The predicted molar refractivity (Wildman–Crippen MR) is 112 cm³/mol. The maximum atomic E-state index is 10.1. The van der Waals surface area contributed by atoms with Gasteiger partial charge in [0.2, 0.25) is 8.32 Å². The number of hydrogen-bond donors (Lipinski definition) is 1. The molecule has 0 amide bonds. The van der Waals surface area contributed by atoms with Crippen LogP contribution in [-0.2, 0) is 12.3 Å². The molecule has 24 heavy (non-hydrogen) atoms. The summed E-state index contributed by atoms with van der Waals surface area (Å²) >= 11 is 0. The van der Waals surface area contributed by atoms with E-state index >= 15 is 0 Å². The lowest BCUT2D eigenvalue weighted by molar-refractivity contribution is 0.297. The third-order valence-corrected chi connectivity index (χ3v) is 17.0. The van der Waals surface area contributed by atoms with Crippen LogP contribution >= 0.6 is 0 Å². The molecule has 0 aromatic heterocycles. The fraction of sp³-hybridized carbons (Fsp3) is 0.500. The van der Waals surface area contributed by atoms with Crippen LogP contribution < -0.4 is 5.19 Å². The molecule has 0 bridgehead atoms. The molecule has 0 aliphatic rings. The highest BCUT2D eigenvalue weighted by Gasteiger charge is 2.43. The van der Waals surface area contributed by atoms with Crippen LogP contribution in [0.2, 0.25) is 52.4 Å². The molecule has 0 saturated heterocycles. The highest BCUT2D eigenvalue weighted by molar-refractivity contribution is 6.93. The molecule has 0 aliphatic carbocycles. The SMILES string of the molecule is C=Cc1ccc([Si](C)(C)O[Si](C)(C)O[Si](C)(C)O[Si](C)(C)O)cc1. The van der Waals surface area contributed by atoms with Gasteiger partial charge in [0.15, 0.2) is 0 Å². The van der Waals surface area contributed by atoms with Crippen molar-refractivity contribution in [1.82, 2.24) is 0 Å². The molecule has 0 aliphatic heterocycles. The minimum Gasteiger partial charge on any atom is -0.433 e. The summed E-state index contributed by atoms with van der Waals surface area (Å²) < 4.78 is 18.8. The molecule has 0 fully saturated rings. The smallest absolute Gasteiger partial charge is 0.320 e. The molecule has 136 valence electrons. The second kappa shape index (κ2) is 7.50. The zero-order valence-corrected chi connectivity index (χ0v) is 20.3. The van der Waals surface area contributed by atoms with Gasteiger partial charge in [-0.05, 0) is 63.1 Å². The van der Waals surface area contributed by atoms with Crippen LogP contribution in [0.3, 0.4) is 0 Å². The van der Waals surface area contributed by atoms with Crippen molar-refractivity contribution in [2.45, 2.75) is 52.4 Å². The van der Waals surface area contributed by atoms with Crippen LogP contribution in [0.5, 0.6) is 0 Å². The summed E-state index contributed by atoms with van der Waals surface area (Å²) in [6.45, 7) is 19.8. The van der Waals surface area contributed by atoms with Gasteiger partial charge in [-0.25, -0.2) is 0 Å². The Bertz CT molecular complexity index is 562. The van der Waals surface area contributed by atoms with Gasteiger partial charge in [0.1, 0.15) is 0 Å². The molecule has 0 heterocycles. The Hall–Kier alpha value is -0.332. The Labute approximate surface area is 151 Å². The summed E-state index contributed by atoms with van der Waals surface area (Å²) in [5.41, 5.74) is 1.10. The van der Waals surface area contributed by atoms with E-state index in [-0.39, 0.29) is 0 Å². The summed E-state index contributed by atoms with van der Waals surface area (Å²) in [7, 11) is -9.53. The van der Waals surface area contributed by atoms with Crippen molar-refractivity contribution in [2.24, 2.45) is 0 Å². The monoisotopic (exact) mass is 400 g/mol. The maximum Gasteiger partial charge on any atom is 0.320 e. The van der Waals surface area contributed by atoms with Crippen molar-refractivity contribution in [3.63, 3.8) is 0 Å². The second-order valence-electron chi connectivity index (χ2n) is 7.89. The van der Waals surface area contributed by atoms with E-state index in [2.05, 4.69) is 57.0 Å². The third kappa shape index (κ3) is 7.28. The van der Waals surface area contributed by atoms with E-state index in [0.717, 1.165) is 5.56 Å². The standard InChI is InChI=1S/C16H32O4Si4/c1-10-15-11-13-16(14-12-15)21(2,3)18-23(6,7)20-24(8,9)19-22(4,5)17/h10-14,17H,1H2,2-9H3. The van der Waals surface area contributed by atoms with Crippen molar-refractivity contribution in [3.05, 3.63) is 36.4 Å². The normalized spacial score (nSPS) is 13.9. The lowest BCUT2D eigenvalue weighted by Crippen LogP contribution is -2.59. The number of benzene rings is 1. The van der Waals surface area contributed by atoms with Gasteiger partial charge in [-0.15, -0.1) is 0 Å². The minimum absolute atomic E-state index is 1.10. The van der Waals surface area contributed by atoms with Crippen LogP contribution in [0.15, 0.2) is 30.8 Å². The van der Waals surface area contributed by atoms with Crippen LogP contribution in [-0.4, -0.2) is 38.8 Å². The lowest BCUT2D eigenvalue weighted by Gasteiger charge is -2.39. The molecule has 8 heteroatoms. The van der Waals surface area contributed by atoms with Gasteiger partial charge in [-0.2, -0.15) is 0 Å². The fourth-order valence-corrected chi connectivity index (χ4v) is 19.9. The third-order valence-electron chi connectivity index (χ3n) is 3.33. The average molecular weight is 401 g/mol. The van der Waals surface area contributed by atoms with E-state index in [1.54, 1.807) is 13.1 Å². The Balaban J connectivity index is 2.88. The van der Waals surface area contributed by atoms with Crippen molar-refractivity contribution in [3.8, 4) is 0 Å². The van der Waals surface area contributed by atoms with Gasteiger partial charge in [-0.3, -0.25) is 0 Å². The Morgan fingerprint density at radius 3 is 1.67 bits per heavy atom. The Morgan fingerprint density at radius 1 is 0.792 bits per heavy atom. The molecule has 1 aromatic rings. The highest BCUT2D eigenvalue weighted by atomic mass is 28.5. The lowest BCUT2D eigenvalue weighted by atomic mass is 10.2. The van der Waals surface area contributed by atoms with Crippen LogP contribution in [0.25, 0.3) is 6.08 Å². The van der Waals surface area contributed by atoms with E-state index in [9.17, 15) is 4.80 Å². The first kappa shape index (κ1) is 21.7. The maximum absolute atomic E-state index is 10.1. The summed E-state index contributed by atoms with van der Waals surface area (Å²) in [5, 5.41) is 1.23.